The van der Waals surface area contributed by atoms with Gasteiger partial charge in [0.2, 0.25) is 0 Å². The van der Waals surface area contributed by atoms with E-state index in [9.17, 15) is 9.59 Å². The number of hydrogen-bond donors (Lipinski definition) is 2. The number of para-hydroxylation sites is 1. The van der Waals surface area contributed by atoms with Gasteiger partial charge in [0, 0.05) is 38.2 Å². The van der Waals surface area contributed by atoms with Crippen LogP contribution in [-0.4, -0.2) is 72.3 Å². The van der Waals surface area contributed by atoms with Gasteiger partial charge < -0.3 is 25.3 Å². The molecule has 1 spiro atoms. The number of amides is 3. The van der Waals surface area contributed by atoms with Crippen LogP contribution in [0.15, 0.2) is 35.5 Å². The summed E-state index contributed by atoms with van der Waals surface area (Å²) >= 11 is 0. The van der Waals surface area contributed by atoms with Crippen molar-refractivity contribution in [3.8, 4) is 0 Å². The van der Waals surface area contributed by atoms with Crippen LogP contribution in [0.4, 0.5) is 10.5 Å². The molecular formula is C20H27N5O3. The van der Waals surface area contributed by atoms with E-state index in [0.29, 0.717) is 38.2 Å². The van der Waals surface area contributed by atoms with Crippen LogP contribution in [0.3, 0.4) is 0 Å². The fourth-order valence-corrected chi connectivity index (χ4v) is 4.04. The van der Waals surface area contributed by atoms with E-state index in [4.69, 9.17) is 4.84 Å². The van der Waals surface area contributed by atoms with Gasteiger partial charge in [-0.2, -0.15) is 0 Å². The number of likely N-dealkylation sites (tertiary alicyclic amines) is 2. The summed E-state index contributed by atoms with van der Waals surface area (Å²) in [7, 11) is 0. The zero-order chi connectivity index (χ0) is 19.4. The lowest BCUT2D eigenvalue weighted by Crippen LogP contribution is -2.40. The Kier molecular flexibility index (Phi) is 5.47. The van der Waals surface area contributed by atoms with Gasteiger partial charge in [0.05, 0.1) is 6.54 Å². The molecule has 2 saturated heterocycles. The van der Waals surface area contributed by atoms with Gasteiger partial charge in [-0.3, -0.25) is 4.79 Å². The Bertz CT molecular complexity index is 747. The Labute approximate surface area is 164 Å². The van der Waals surface area contributed by atoms with Crippen LogP contribution < -0.4 is 10.6 Å². The number of carbonyl (C=O) groups excluding carboxylic acids is 2. The third kappa shape index (κ3) is 4.27. The van der Waals surface area contributed by atoms with Crippen molar-refractivity contribution in [3.63, 3.8) is 0 Å². The highest BCUT2D eigenvalue weighted by molar-refractivity contribution is 6.39. The first-order valence-corrected chi connectivity index (χ1v) is 10.0. The van der Waals surface area contributed by atoms with E-state index in [1.807, 2.05) is 30.3 Å². The molecule has 0 aliphatic carbocycles. The van der Waals surface area contributed by atoms with Crippen molar-refractivity contribution in [1.82, 2.24) is 15.1 Å². The Balaban J connectivity index is 1.23. The molecule has 3 aliphatic heterocycles. The van der Waals surface area contributed by atoms with Crippen LogP contribution in [0.25, 0.3) is 0 Å². The molecule has 150 valence electrons. The summed E-state index contributed by atoms with van der Waals surface area (Å²) < 4.78 is 0. The van der Waals surface area contributed by atoms with Crippen molar-refractivity contribution in [3.05, 3.63) is 30.3 Å². The van der Waals surface area contributed by atoms with Gasteiger partial charge in [0.1, 0.15) is 5.71 Å². The molecule has 0 unspecified atom stereocenters. The van der Waals surface area contributed by atoms with Crippen molar-refractivity contribution in [2.45, 2.75) is 31.3 Å². The maximum atomic E-state index is 12.5. The van der Waals surface area contributed by atoms with Crippen molar-refractivity contribution >= 4 is 23.3 Å². The summed E-state index contributed by atoms with van der Waals surface area (Å²) in [4.78, 5) is 34.6. The van der Waals surface area contributed by atoms with Gasteiger partial charge in [-0.25, -0.2) is 4.79 Å². The lowest BCUT2D eigenvalue weighted by Gasteiger charge is -2.22. The standard InChI is InChI=1S/C20H27N5O3/c26-18(21-9-13-24-10-4-5-11-24)17-14-20(28-23-17)8-12-25(15-20)19(27)22-16-6-2-1-3-7-16/h1-3,6-7H,4-5,8-15H2,(H,21,26)(H,22,27)/t20-/m1/s1. The topological polar surface area (TPSA) is 86.3 Å². The van der Waals surface area contributed by atoms with Gasteiger partial charge in [-0.05, 0) is 38.1 Å². The smallest absolute Gasteiger partial charge is 0.321 e. The predicted molar refractivity (Wildman–Crippen MR) is 106 cm³/mol. The number of rotatable bonds is 5. The minimum absolute atomic E-state index is 0.157. The molecule has 0 saturated carbocycles. The second-order valence-electron chi connectivity index (χ2n) is 7.76. The summed E-state index contributed by atoms with van der Waals surface area (Å²) in [6, 6.07) is 9.21. The van der Waals surface area contributed by atoms with Gasteiger partial charge in [0.15, 0.2) is 5.60 Å². The Morgan fingerprint density at radius 3 is 2.71 bits per heavy atom. The van der Waals surface area contributed by atoms with E-state index < -0.39 is 5.60 Å². The fraction of sp³-hybridized carbons (Fsp3) is 0.550. The maximum Gasteiger partial charge on any atom is 0.321 e. The summed E-state index contributed by atoms with van der Waals surface area (Å²) in [5.74, 6) is -0.164. The highest BCUT2D eigenvalue weighted by atomic mass is 16.7. The molecule has 1 aromatic carbocycles. The molecule has 28 heavy (non-hydrogen) atoms. The van der Waals surface area contributed by atoms with Crippen LogP contribution in [0, 0.1) is 0 Å². The number of carbonyl (C=O) groups is 2. The summed E-state index contributed by atoms with van der Waals surface area (Å²) in [5, 5.41) is 9.86. The van der Waals surface area contributed by atoms with E-state index in [2.05, 4.69) is 20.7 Å². The first-order valence-electron chi connectivity index (χ1n) is 10.0. The molecule has 8 heteroatoms. The van der Waals surface area contributed by atoms with E-state index in [1.54, 1.807) is 4.90 Å². The summed E-state index contributed by atoms with van der Waals surface area (Å²) in [5.41, 5.74) is 0.609. The van der Waals surface area contributed by atoms with Crippen LogP contribution in [0.1, 0.15) is 25.7 Å². The number of hydrogen-bond acceptors (Lipinski definition) is 5. The summed E-state index contributed by atoms with van der Waals surface area (Å²) in [6.07, 6.45) is 3.59. The number of benzene rings is 1. The molecule has 2 fully saturated rings. The van der Waals surface area contributed by atoms with Crippen LogP contribution in [0.2, 0.25) is 0 Å². The SMILES string of the molecule is O=C(NCCN1CCCC1)C1=NO[C@]2(CCN(C(=O)Nc3ccccc3)C2)C1. The number of anilines is 1. The number of nitrogens with one attached hydrogen (secondary N) is 2. The van der Waals surface area contributed by atoms with E-state index in [1.165, 1.54) is 12.8 Å². The molecular weight excluding hydrogens is 358 g/mol. The Morgan fingerprint density at radius 2 is 1.93 bits per heavy atom. The normalized spacial score (nSPS) is 24.3. The second-order valence-corrected chi connectivity index (χ2v) is 7.76. The zero-order valence-electron chi connectivity index (χ0n) is 16.0. The molecule has 3 amide bonds. The molecule has 3 aliphatic rings. The van der Waals surface area contributed by atoms with Gasteiger partial charge in [-0.15, -0.1) is 0 Å². The van der Waals surface area contributed by atoms with Gasteiger partial charge >= 0.3 is 6.03 Å². The largest absolute Gasteiger partial charge is 0.386 e. The molecule has 0 aromatic heterocycles. The monoisotopic (exact) mass is 385 g/mol. The summed E-state index contributed by atoms with van der Waals surface area (Å²) in [6.45, 7) is 4.74. The Hall–Kier alpha value is -2.61. The third-order valence-electron chi connectivity index (χ3n) is 5.64. The van der Waals surface area contributed by atoms with Crippen molar-refractivity contribution in [1.29, 1.82) is 0 Å². The lowest BCUT2D eigenvalue weighted by atomic mass is 9.96. The van der Waals surface area contributed by atoms with E-state index >= 15 is 0 Å². The Morgan fingerprint density at radius 1 is 1.14 bits per heavy atom. The maximum absolute atomic E-state index is 12.5. The average Bonchev–Trinajstić information content (AvgIpc) is 3.45. The fourth-order valence-electron chi connectivity index (χ4n) is 4.04. The van der Waals surface area contributed by atoms with Crippen molar-refractivity contribution in [2.24, 2.45) is 5.16 Å². The molecule has 1 atom stereocenters. The molecule has 0 bridgehead atoms. The van der Waals surface area contributed by atoms with Gasteiger partial charge in [-0.1, -0.05) is 23.4 Å². The molecule has 4 rings (SSSR count). The molecule has 3 heterocycles. The average molecular weight is 385 g/mol. The third-order valence-corrected chi connectivity index (χ3v) is 5.64. The molecule has 2 N–H and O–H groups in total. The first kappa shape index (κ1) is 18.7. The molecule has 1 aromatic rings. The number of oxime groups is 1. The zero-order valence-corrected chi connectivity index (χ0v) is 16.0. The number of urea groups is 1. The van der Waals surface area contributed by atoms with Crippen molar-refractivity contribution in [2.75, 3.05) is 44.6 Å². The first-order chi connectivity index (χ1) is 13.6. The van der Waals surface area contributed by atoms with Gasteiger partial charge in [0.25, 0.3) is 5.91 Å². The van der Waals surface area contributed by atoms with Crippen molar-refractivity contribution < 1.29 is 14.4 Å². The van der Waals surface area contributed by atoms with E-state index in [-0.39, 0.29) is 11.9 Å². The quantitative estimate of drug-likeness (QED) is 0.807. The van der Waals surface area contributed by atoms with Crippen LogP contribution in [-0.2, 0) is 9.63 Å². The highest BCUT2D eigenvalue weighted by Crippen LogP contribution is 2.34. The highest BCUT2D eigenvalue weighted by Gasteiger charge is 2.47. The minimum atomic E-state index is -0.574. The predicted octanol–water partition coefficient (Wildman–Crippen LogP) is 1.65. The molecule has 8 nitrogen and oxygen atoms in total. The lowest BCUT2D eigenvalue weighted by molar-refractivity contribution is -0.114. The minimum Gasteiger partial charge on any atom is -0.386 e. The van der Waals surface area contributed by atoms with Crippen LogP contribution in [0.5, 0.6) is 0 Å². The second kappa shape index (κ2) is 8.18. The van der Waals surface area contributed by atoms with Crippen LogP contribution >= 0.6 is 0 Å². The number of nitrogens with zero attached hydrogens (tertiary/aromatic N) is 3. The molecule has 0 radical (unpaired) electrons. The van der Waals surface area contributed by atoms with E-state index in [0.717, 1.165) is 25.3 Å².